The molecule has 2 aromatic rings. The molecular formula is C14H16ClN3O3S2. The second-order valence-corrected chi connectivity index (χ2v) is 8.92. The summed E-state index contributed by atoms with van der Waals surface area (Å²) in [4.78, 5) is 9.00. The second-order valence-electron chi connectivity index (χ2n) is 5.15. The summed E-state index contributed by atoms with van der Waals surface area (Å²) in [7, 11) is -3.45. The van der Waals surface area contributed by atoms with E-state index in [0.29, 0.717) is 28.7 Å². The Balaban J connectivity index is 1.67. The molecule has 0 N–H and O–H groups in total. The van der Waals surface area contributed by atoms with Gasteiger partial charge in [-0.05, 0) is 25.0 Å². The minimum atomic E-state index is -3.45. The maximum absolute atomic E-state index is 12.6. The largest absolute Gasteiger partial charge is 0.459 e. The van der Waals surface area contributed by atoms with Crippen molar-refractivity contribution >= 4 is 33.0 Å². The molecule has 1 atom stereocenters. The third-order valence-corrected chi connectivity index (χ3v) is 7.31. The van der Waals surface area contributed by atoms with Crippen molar-refractivity contribution in [2.24, 2.45) is 0 Å². The number of ether oxygens (including phenoxy) is 1. The van der Waals surface area contributed by atoms with Gasteiger partial charge in [-0.3, -0.25) is 0 Å². The van der Waals surface area contributed by atoms with E-state index in [1.54, 1.807) is 6.07 Å². The van der Waals surface area contributed by atoms with Crippen LogP contribution in [0, 0.1) is 0 Å². The van der Waals surface area contributed by atoms with Crippen molar-refractivity contribution in [3.63, 3.8) is 0 Å². The number of hydrogen-bond donors (Lipinski definition) is 0. The van der Waals surface area contributed by atoms with Gasteiger partial charge in [-0.2, -0.15) is 4.31 Å². The number of sulfonamides is 1. The normalized spacial score (nSPS) is 19.1. The summed E-state index contributed by atoms with van der Waals surface area (Å²) >= 11 is 7.05. The molecule has 0 saturated carbocycles. The van der Waals surface area contributed by atoms with Crippen LogP contribution in [0.25, 0.3) is 0 Å². The Morgan fingerprint density at radius 1 is 1.39 bits per heavy atom. The van der Waals surface area contributed by atoms with Crippen molar-refractivity contribution in [3.8, 4) is 6.01 Å². The van der Waals surface area contributed by atoms with Gasteiger partial charge in [0, 0.05) is 11.4 Å². The number of hydrogen-bond acceptors (Lipinski definition) is 6. The molecule has 9 heteroatoms. The lowest BCUT2D eigenvalue weighted by atomic mass is 10.3. The minimum absolute atomic E-state index is 0.211. The van der Waals surface area contributed by atoms with E-state index in [1.807, 2.05) is 13.0 Å². The van der Waals surface area contributed by atoms with Crippen molar-refractivity contribution in [2.45, 2.75) is 30.1 Å². The first-order chi connectivity index (χ1) is 11.0. The van der Waals surface area contributed by atoms with Gasteiger partial charge in [0.2, 0.25) is 0 Å². The fourth-order valence-corrected chi connectivity index (χ4v) is 5.37. The third-order valence-electron chi connectivity index (χ3n) is 3.56. The SMILES string of the molecule is CCc1ccc(S(=O)(=O)N2CCC(Oc3ncc(Cl)cn3)C2)s1. The van der Waals surface area contributed by atoms with E-state index in [4.69, 9.17) is 16.3 Å². The van der Waals surface area contributed by atoms with Crippen LogP contribution in [-0.4, -0.2) is 41.9 Å². The van der Waals surface area contributed by atoms with E-state index in [9.17, 15) is 8.42 Å². The molecule has 1 aliphatic rings. The summed E-state index contributed by atoms with van der Waals surface area (Å²) < 4.78 is 32.8. The topological polar surface area (TPSA) is 72.4 Å². The predicted octanol–water partition coefficient (Wildman–Crippen LogP) is 2.60. The van der Waals surface area contributed by atoms with Gasteiger partial charge in [0.1, 0.15) is 10.3 Å². The average Bonchev–Trinajstić information content (AvgIpc) is 3.19. The molecule has 0 aliphatic carbocycles. The number of rotatable bonds is 5. The number of thiophene rings is 1. The summed E-state index contributed by atoms with van der Waals surface area (Å²) in [5, 5.41) is 0.428. The molecule has 6 nitrogen and oxygen atoms in total. The van der Waals surface area contributed by atoms with Crippen molar-refractivity contribution < 1.29 is 13.2 Å². The van der Waals surface area contributed by atoms with Crippen LogP contribution in [0.15, 0.2) is 28.7 Å². The van der Waals surface area contributed by atoms with E-state index >= 15 is 0 Å². The van der Waals surface area contributed by atoms with E-state index in [2.05, 4.69) is 9.97 Å². The molecule has 124 valence electrons. The Morgan fingerprint density at radius 2 is 2.13 bits per heavy atom. The van der Waals surface area contributed by atoms with Gasteiger partial charge in [0.15, 0.2) is 0 Å². The molecular weight excluding hydrogens is 358 g/mol. The first-order valence-electron chi connectivity index (χ1n) is 7.22. The maximum atomic E-state index is 12.6. The van der Waals surface area contributed by atoms with Crippen LogP contribution in [0.5, 0.6) is 6.01 Å². The predicted molar refractivity (Wildman–Crippen MR) is 88.5 cm³/mol. The van der Waals surface area contributed by atoms with Gasteiger partial charge in [-0.1, -0.05) is 18.5 Å². The lowest BCUT2D eigenvalue weighted by Crippen LogP contribution is -2.30. The highest BCUT2D eigenvalue weighted by Gasteiger charge is 2.34. The highest BCUT2D eigenvalue weighted by Crippen LogP contribution is 2.28. The number of aryl methyl sites for hydroxylation is 1. The van der Waals surface area contributed by atoms with E-state index in [0.717, 1.165) is 11.3 Å². The summed E-state index contributed by atoms with van der Waals surface area (Å²) in [5.74, 6) is 0. The smallest absolute Gasteiger partial charge is 0.316 e. The molecule has 1 unspecified atom stereocenters. The molecule has 3 heterocycles. The van der Waals surface area contributed by atoms with Crippen molar-refractivity contribution in [2.75, 3.05) is 13.1 Å². The highest BCUT2D eigenvalue weighted by molar-refractivity contribution is 7.91. The van der Waals surface area contributed by atoms with Crippen LogP contribution in [-0.2, 0) is 16.4 Å². The minimum Gasteiger partial charge on any atom is -0.459 e. The molecule has 1 saturated heterocycles. The van der Waals surface area contributed by atoms with Crippen LogP contribution < -0.4 is 4.74 Å². The average molecular weight is 374 g/mol. The summed E-state index contributed by atoms with van der Waals surface area (Å²) in [5.41, 5.74) is 0. The molecule has 0 radical (unpaired) electrons. The standard InChI is InChI=1S/C14H16ClN3O3S2/c1-2-12-3-4-13(22-12)23(19,20)18-6-5-11(9-18)21-14-16-7-10(15)8-17-14/h3-4,7-8,11H,2,5-6,9H2,1H3. The molecule has 1 fully saturated rings. The van der Waals surface area contributed by atoms with Crippen LogP contribution in [0.2, 0.25) is 5.02 Å². The van der Waals surface area contributed by atoms with Gasteiger partial charge in [-0.25, -0.2) is 18.4 Å². The third kappa shape index (κ3) is 3.65. The molecule has 0 spiro atoms. The lowest BCUT2D eigenvalue weighted by molar-refractivity contribution is 0.197. The molecule has 2 aromatic heterocycles. The fourth-order valence-electron chi connectivity index (χ4n) is 2.34. The maximum Gasteiger partial charge on any atom is 0.316 e. The first kappa shape index (κ1) is 16.6. The molecule has 23 heavy (non-hydrogen) atoms. The van der Waals surface area contributed by atoms with Crippen LogP contribution in [0.1, 0.15) is 18.2 Å². The van der Waals surface area contributed by atoms with E-state index in [1.165, 1.54) is 28.0 Å². The lowest BCUT2D eigenvalue weighted by Gasteiger charge is -2.15. The Bertz CT molecular complexity index is 777. The van der Waals surface area contributed by atoms with Crippen LogP contribution >= 0.6 is 22.9 Å². The van der Waals surface area contributed by atoms with E-state index in [-0.39, 0.29) is 12.1 Å². The van der Waals surface area contributed by atoms with Crippen molar-refractivity contribution in [1.29, 1.82) is 0 Å². The molecule has 0 amide bonds. The van der Waals surface area contributed by atoms with Crippen molar-refractivity contribution in [3.05, 3.63) is 34.4 Å². The fraction of sp³-hybridized carbons (Fsp3) is 0.429. The van der Waals surface area contributed by atoms with E-state index < -0.39 is 10.0 Å². The Labute approximate surface area is 144 Å². The van der Waals surface area contributed by atoms with Crippen LogP contribution in [0.4, 0.5) is 0 Å². The molecule has 0 bridgehead atoms. The summed E-state index contributed by atoms with van der Waals surface area (Å²) in [6.45, 7) is 2.74. The Hall–Kier alpha value is -1.22. The number of halogens is 1. The molecule has 3 rings (SSSR count). The second kappa shape index (κ2) is 6.72. The number of aromatic nitrogens is 2. The van der Waals surface area contributed by atoms with Gasteiger partial charge < -0.3 is 4.74 Å². The van der Waals surface area contributed by atoms with Crippen LogP contribution in [0.3, 0.4) is 0 Å². The quantitative estimate of drug-likeness (QED) is 0.805. The Kier molecular flexibility index (Phi) is 4.86. The highest BCUT2D eigenvalue weighted by atomic mass is 35.5. The van der Waals surface area contributed by atoms with Gasteiger partial charge in [0.05, 0.1) is 24.0 Å². The number of nitrogens with zero attached hydrogens (tertiary/aromatic N) is 3. The van der Waals surface area contributed by atoms with Gasteiger partial charge in [-0.15, -0.1) is 11.3 Å². The van der Waals surface area contributed by atoms with Gasteiger partial charge in [0.25, 0.3) is 10.0 Å². The van der Waals surface area contributed by atoms with Crippen molar-refractivity contribution in [1.82, 2.24) is 14.3 Å². The monoisotopic (exact) mass is 373 g/mol. The molecule has 1 aliphatic heterocycles. The zero-order chi connectivity index (χ0) is 16.4. The summed E-state index contributed by atoms with van der Waals surface area (Å²) in [6, 6.07) is 3.75. The molecule has 0 aromatic carbocycles. The zero-order valence-corrected chi connectivity index (χ0v) is 14.9. The Morgan fingerprint density at radius 3 is 2.78 bits per heavy atom. The van der Waals surface area contributed by atoms with Gasteiger partial charge >= 0.3 is 6.01 Å². The zero-order valence-electron chi connectivity index (χ0n) is 12.5. The summed E-state index contributed by atoms with van der Waals surface area (Å²) in [6.07, 6.45) is 4.09. The first-order valence-corrected chi connectivity index (χ1v) is 9.85.